The lowest BCUT2D eigenvalue weighted by atomic mass is 10.2. The normalized spacial score (nSPS) is 16.7. The van der Waals surface area contributed by atoms with Crippen molar-refractivity contribution >= 4 is 22.0 Å². The molecule has 1 amide bonds. The number of hydrogen-bond donors (Lipinski definition) is 0. The summed E-state index contributed by atoms with van der Waals surface area (Å²) in [5.41, 5.74) is 1.72. The SMILES string of the molecule is CCN(CC)S(=O)(=O)c1ccc(/C=C/C(=O)N(Cc2cccnc2)CC2CCCO2)cc1. The first-order valence-corrected chi connectivity index (χ1v) is 12.5. The Balaban J connectivity index is 1.71. The van der Waals surface area contributed by atoms with Gasteiger partial charge in [0.25, 0.3) is 0 Å². The molecular weight excluding hydrogens is 426 g/mol. The van der Waals surface area contributed by atoms with Gasteiger partial charge in [-0.15, -0.1) is 0 Å². The maximum Gasteiger partial charge on any atom is 0.246 e. The van der Waals surface area contributed by atoms with Crippen LogP contribution in [0.3, 0.4) is 0 Å². The molecule has 3 rings (SSSR count). The highest BCUT2D eigenvalue weighted by molar-refractivity contribution is 7.89. The van der Waals surface area contributed by atoms with Crippen LogP contribution >= 0.6 is 0 Å². The molecule has 1 atom stereocenters. The summed E-state index contributed by atoms with van der Waals surface area (Å²) in [7, 11) is -3.50. The van der Waals surface area contributed by atoms with E-state index in [-0.39, 0.29) is 16.9 Å². The summed E-state index contributed by atoms with van der Waals surface area (Å²) in [5, 5.41) is 0. The predicted molar refractivity (Wildman–Crippen MR) is 124 cm³/mol. The highest BCUT2D eigenvalue weighted by atomic mass is 32.2. The van der Waals surface area contributed by atoms with Crippen LogP contribution in [0.5, 0.6) is 0 Å². The van der Waals surface area contributed by atoms with E-state index in [1.54, 1.807) is 47.6 Å². The minimum absolute atomic E-state index is 0.0496. The molecule has 1 aliphatic heterocycles. The predicted octanol–water partition coefficient (Wildman–Crippen LogP) is 3.33. The Morgan fingerprint density at radius 3 is 2.53 bits per heavy atom. The van der Waals surface area contributed by atoms with Crippen molar-refractivity contribution in [2.24, 2.45) is 0 Å². The Morgan fingerprint density at radius 2 is 1.94 bits per heavy atom. The summed E-state index contributed by atoms with van der Waals surface area (Å²) in [4.78, 5) is 19.1. The van der Waals surface area contributed by atoms with Gasteiger partial charge in [-0.2, -0.15) is 4.31 Å². The Kier molecular flexibility index (Phi) is 8.55. The van der Waals surface area contributed by atoms with E-state index in [2.05, 4.69) is 4.98 Å². The summed E-state index contributed by atoms with van der Waals surface area (Å²) in [6.45, 7) is 6.20. The molecule has 0 aliphatic carbocycles. The van der Waals surface area contributed by atoms with Crippen molar-refractivity contribution in [2.45, 2.75) is 44.2 Å². The molecule has 0 radical (unpaired) electrons. The number of carbonyl (C=O) groups is 1. The lowest BCUT2D eigenvalue weighted by Gasteiger charge is -2.24. The fourth-order valence-electron chi connectivity index (χ4n) is 3.72. The van der Waals surface area contributed by atoms with Crippen LogP contribution in [0.1, 0.15) is 37.8 Å². The van der Waals surface area contributed by atoms with Crippen molar-refractivity contribution in [1.29, 1.82) is 0 Å². The van der Waals surface area contributed by atoms with Gasteiger partial charge in [-0.1, -0.05) is 32.0 Å². The first kappa shape index (κ1) is 24.1. The number of amides is 1. The molecule has 0 saturated carbocycles. The van der Waals surface area contributed by atoms with E-state index < -0.39 is 10.0 Å². The van der Waals surface area contributed by atoms with Crippen molar-refractivity contribution in [3.05, 3.63) is 66.0 Å². The lowest BCUT2D eigenvalue weighted by Crippen LogP contribution is -2.35. The number of ether oxygens (including phenoxy) is 1. The molecule has 1 aromatic carbocycles. The molecule has 0 N–H and O–H groups in total. The number of sulfonamides is 1. The molecule has 0 bridgehead atoms. The first-order chi connectivity index (χ1) is 15.4. The van der Waals surface area contributed by atoms with Crippen molar-refractivity contribution in [3.8, 4) is 0 Å². The average molecular weight is 458 g/mol. The standard InChI is InChI=1S/C24H31N3O4S/c1-3-27(4-2)32(29,30)23-12-9-20(10-13-23)11-14-24(28)26(19-22-8-6-16-31-22)18-21-7-5-15-25-17-21/h5,7,9-15,17,22H,3-4,6,8,16,18-19H2,1-2H3/b14-11+. The summed E-state index contributed by atoms with van der Waals surface area (Å²) >= 11 is 0. The largest absolute Gasteiger partial charge is 0.376 e. The second-order valence-corrected chi connectivity index (χ2v) is 9.64. The van der Waals surface area contributed by atoms with Crippen LogP contribution in [0.15, 0.2) is 59.8 Å². The third-order valence-corrected chi connectivity index (χ3v) is 7.56. The molecule has 1 unspecified atom stereocenters. The molecule has 1 aromatic heterocycles. The fourth-order valence-corrected chi connectivity index (χ4v) is 5.17. The molecule has 0 spiro atoms. The molecular formula is C24H31N3O4S. The number of carbonyl (C=O) groups excluding carboxylic acids is 1. The van der Waals surface area contributed by atoms with E-state index in [4.69, 9.17) is 4.74 Å². The van der Waals surface area contributed by atoms with Crippen molar-refractivity contribution in [1.82, 2.24) is 14.2 Å². The molecule has 8 heteroatoms. The minimum atomic E-state index is -3.50. The summed E-state index contributed by atoms with van der Waals surface area (Å²) < 4.78 is 32.4. The van der Waals surface area contributed by atoms with Crippen molar-refractivity contribution in [3.63, 3.8) is 0 Å². The van der Waals surface area contributed by atoms with Gasteiger partial charge < -0.3 is 9.64 Å². The molecule has 1 fully saturated rings. The van der Waals surface area contributed by atoms with E-state index in [0.717, 1.165) is 30.6 Å². The van der Waals surface area contributed by atoms with Gasteiger partial charge in [-0.3, -0.25) is 9.78 Å². The van der Waals surface area contributed by atoms with Gasteiger partial charge in [-0.25, -0.2) is 8.42 Å². The maximum absolute atomic E-state index is 13.0. The van der Waals surface area contributed by atoms with E-state index in [0.29, 0.717) is 26.2 Å². The zero-order valence-electron chi connectivity index (χ0n) is 18.7. The van der Waals surface area contributed by atoms with Crippen LogP contribution < -0.4 is 0 Å². The van der Waals surface area contributed by atoms with Crippen LogP contribution in [0.2, 0.25) is 0 Å². The molecule has 2 heterocycles. The van der Waals surface area contributed by atoms with E-state index >= 15 is 0 Å². The number of pyridine rings is 1. The third-order valence-electron chi connectivity index (χ3n) is 5.50. The van der Waals surface area contributed by atoms with Gasteiger partial charge in [0, 0.05) is 51.3 Å². The van der Waals surface area contributed by atoms with Gasteiger partial charge in [0.05, 0.1) is 11.0 Å². The summed E-state index contributed by atoms with van der Waals surface area (Å²) in [5.74, 6) is -0.121. The average Bonchev–Trinajstić information content (AvgIpc) is 3.32. The number of benzene rings is 1. The smallest absolute Gasteiger partial charge is 0.246 e. The number of nitrogens with zero attached hydrogens (tertiary/aromatic N) is 3. The number of rotatable bonds is 10. The lowest BCUT2D eigenvalue weighted by molar-refractivity contribution is -0.128. The van der Waals surface area contributed by atoms with Gasteiger partial charge in [0.1, 0.15) is 0 Å². The Hall–Kier alpha value is -2.55. The van der Waals surface area contributed by atoms with Crippen molar-refractivity contribution in [2.75, 3.05) is 26.2 Å². The van der Waals surface area contributed by atoms with E-state index in [9.17, 15) is 13.2 Å². The second-order valence-electron chi connectivity index (χ2n) is 7.71. The summed E-state index contributed by atoms with van der Waals surface area (Å²) in [6.07, 6.45) is 8.71. The summed E-state index contributed by atoms with van der Waals surface area (Å²) in [6, 6.07) is 10.4. The molecule has 1 aliphatic rings. The molecule has 1 saturated heterocycles. The topological polar surface area (TPSA) is 79.8 Å². The number of aromatic nitrogens is 1. The Morgan fingerprint density at radius 1 is 1.19 bits per heavy atom. The van der Waals surface area contributed by atoms with Gasteiger partial charge in [-0.05, 0) is 48.2 Å². The molecule has 2 aromatic rings. The number of hydrogen-bond acceptors (Lipinski definition) is 5. The monoisotopic (exact) mass is 457 g/mol. The minimum Gasteiger partial charge on any atom is -0.376 e. The van der Waals surface area contributed by atoms with E-state index in [1.807, 2.05) is 26.0 Å². The van der Waals surface area contributed by atoms with Crippen LogP contribution in [0.25, 0.3) is 6.08 Å². The van der Waals surface area contributed by atoms with Crippen molar-refractivity contribution < 1.29 is 17.9 Å². The van der Waals surface area contributed by atoms with Gasteiger partial charge in [0.15, 0.2) is 0 Å². The molecule has 32 heavy (non-hydrogen) atoms. The zero-order chi connectivity index (χ0) is 23.0. The van der Waals surface area contributed by atoms with Crippen LogP contribution in [0, 0.1) is 0 Å². The second kappa shape index (κ2) is 11.4. The van der Waals surface area contributed by atoms with Gasteiger partial charge in [0.2, 0.25) is 15.9 Å². The van der Waals surface area contributed by atoms with Crippen LogP contribution in [-0.4, -0.2) is 60.9 Å². The highest BCUT2D eigenvalue weighted by Gasteiger charge is 2.22. The third kappa shape index (κ3) is 6.25. The molecule has 172 valence electrons. The Bertz CT molecular complexity index is 997. The van der Waals surface area contributed by atoms with Gasteiger partial charge >= 0.3 is 0 Å². The maximum atomic E-state index is 13.0. The van der Waals surface area contributed by atoms with Crippen LogP contribution in [0.4, 0.5) is 0 Å². The first-order valence-electron chi connectivity index (χ1n) is 11.0. The Labute approximate surface area is 190 Å². The van der Waals surface area contributed by atoms with Crippen LogP contribution in [-0.2, 0) is 26.1 Å². The quantitative estimate of drug-likeness (QED) is 0.511. The van der Waals surface area contributed by atoms with E-state index in [1.165, 1.54) is 10.4 Å². The molecule has 7 nitrogen and oxygen atoms in total. The highest BCUT2D eigenvalue weighted by Crippen LogP contribution is 2.18. The zero-order valence-corrected chi connectivity index (χ0v) is 19.5. The fraction of sp³-hybridized carbons (Fsp3) is 0.417.